The van der Waals surface area contributed by atoms with Crippen molar-refractivity contribution in [3.63, 3.8) is 0 Å². The summed E-state index contributed by atoms with van der Waals surface area (Å²) in [6.45, 7) is 1.81. The van der Waals surface area contributed by atoms with E-state index >= 15 is 0 Å². The van der Waals surface area contributed by atoms with E-state index in [1.807, 2.05) is 19.1 Å². The van der Waals surface area contributed by atoms with Gasteiger partial charge in [-0.1, -0.05) is 0 Å². The second kappa shape index (κ2) is 5.69. The van der Waals surface area contributed by atoms with E-state index in [2.05, 4.69) is 19.9 Å². The van der Waals surface area contributed by atoms with Crippen molar-refractivity contribution in [3.05, 3.63) is 47.6 Å². The average molecular weight is 304 g/mol. The quantitative estimate of drug-likeness (QED) is 0.713. The standard InChI is InChI=1S/C16H12N6O/c1-9-4-11(5-12(6-17)21-9)13-8-20-16-15(22-13)10(7-19-16)2-3-14(18)23/h2-5,7-8H,1H3,(H2,18,23)(H,19,20)/b3-2+. The van der Waals surface area contributed by atoms with E-state index in [0.29, 0.717) is 28.1 Å². The first kappa shape index (κ1) is 14.4. The van der Waals surface area contributed by atoms with Crippen LogP contribution in [-0.4, -0.2) is 25.8 Å². The molecule has 1 amide bonds. The molecule has 0 aliphatic heterocycles. The van der Waals surface area contributed by atoms with Gasteiger partial charge >= 0.3 is 0 Å². The molecule has 7 heteroatoms. The zero-order valence-electron chi connectivity index (χ0n) is 12.2. The monoisotopic (exact) mass is 304 g/mol. The summed E-state index contributed by atoms with van der Waals surface area (Å²) in [7, 11) is 0. The number of aromatic amines is 1. The van der Waals surface area contributed by atoms with E-state index in [9.17, 15) is 4.79 Å². The summed E-state index contributed by atoms with van der Waals surface area (Å²) in [4.78, 5) is 26.9. The molecule has 3 rings (SSSR count). The molecule has 3 N–H and O–H groups in total. The summed E-state index contributed by atoms with van der Waals surface area (Å²) in [5, 5.41) is 9.03. The van der Waals surface area contributed by atoms with E-state index in [0.717, 1.165) is 11.3 Å². The molecule has 0 radical (unpaired) electrons. The number of nitrogens with one attached hydrogen (secondary N) is 1. The number of carbonyl (C=O) groups is 1. The molecule has 0 saturated carbocycles. The maximum atomic E-state index is 10.9. The molecular weight excluding hydrogens is 292 g/mol. The summed E-state index contributed by atoms with van der Waals surface area (Å²) < 4.78 is 0. The molecule has 0 bridgehead atoms. The van der Waals surface area contributed by atoms with Crippen LogP contribution in [-0.2, 0) is 4.79 Å². The lowest BCUT2D eigenvalue weighted by molar-refractivity contribution is -0.113. The number of fused-ring (bicyclic) bond motifs is 1. The summed E-state index contributed by atoms with van der Waals surface area (Å²) in [5.74, 6) is -0.535. The zero-order valence-corrected chi connectivity index (χ0v) is 12.2. The Morgan fingerprint density at radius 3 is 2.96 bits per heavy atom. The number of hydrogen-bond acceptors (Lipinski definition) is 5. The molecule has 0 spiro atoms. The van der Waals surface area contributed by atoms with Gasteiger partial charge in [0.25, 0.3) is 0 Å². The van der Waals surface area contributed by atoms with E-state index in [1.54, 1.807) is 24.5 Å². The van der Waals surface area contributed by atoms with Crippen LogP contribution in [0, 0.1) is 18.3 Å². The lowest BCUT2D eigenvalue weighted by Crippen LogP contribution is -2.05. The molecule has 0 aliphatic rings. The number of primary amides is 1. The summed E-state index contributed by atoms with van der Waals surface area (Å²) in [6, 6.07) is 5.52. The average Bonchev–Trinajstić information content (AvgIpc) is 2.94. The molecule has 0 saturated heterocycles. The van der Waals surface area contributed by atoms with Gasteiger partial charge in [0.2, 0.25) is 5.91 Å². The van der Waals surface area contributed by atoms with E-state index in [-0.39, 0.29) is 0 Å². The fourth-order valence-corrected chi connectivity index (χ4v) is 2.22. The number of rotatable bonds is 3. The number of aromatic nitrogens is 4. The molecule has 3 heterocycles. The van der Waals surface area contributed by atoms with Gasteiger partial charge in [0.15, 0.2) is 5.65 Å². The fourth-order valence-electron chi connectivity index (χ4n) is 2.22. The van der Waals surface area contributed by atoms with Crippen LogP contribution in [0.4, 0.5) is 0 Å². The van der Waals surface area contributed by atoms with Crippen LogP contribution in [0.3, 0.4) is 0 Å². The van der Waals surface area contributed by atoms with Crippen LogP contribution in [0.2, 0.25) is 0 Å². The highest BCUT2D eigenvalue weighted by molar-refractivity contribution is 5.93. The second-order valence-electron chi connectivity index (χ2n) is 4.93. The van der Waals surface area contributed by atoms with Gasteiger partial charge in [0.1, 0.15) is 17.3 Å². The Kier molecular flexibility index (Phi) is 3.57. The topological polar surface area (TPSA) is 121 Å². The van der Waals surface area contributed by atoms with Gasteiger partial charge in [-0.05, 0) is 25.1 Å². The third-order valence-electron chi connectivity index (χ3n) is 3.20. The highest BCUT2D eigenvalue weighted by Gasteiger charge is 2.09. The molecule has 0 fully saturated rings. The Morgan fingerprint density at radius 2 is 2.22 bits per heavy atom. The molecule has 3 aromatic heterocycles. The third kappa shape index (κ3) is 2.91. The lowest BCUT2D eigenvalue weighted by Gasteiger charge is -2.03. The van der Waals surface area contributed by atoms with Crippen LogP contribution < -0.4 is 5.73 Å². The van der Waals surface area contributed by atoms with Crippen molar-refractivity contribution in [1.82, 2.24) is 19.9 Å². The van der Waals surface area contributed by atoms with Crippen LogP contribution in [0.1, 0.15) is 17.0 Å². The van der Waals surface area contributed by atoms with E-state index < -0.39 is 5.91 Å². The Bertz CT molecular complexity index is 980. The number of aryl methyl sites for hydroxylation is 1. The van der Waals surface area contributed by atoms with Gasteiger partial charge in [0.05, 0.1) is 11.9 Å². The minimum absolute atomic E-state index is 0.324. The second-order valence-corrected chi connectivity index (χ2v) is 4.93. The van der Waals surface area contributed by atoms with E-state index in [1.165, 1.54) is 6.08 Å². The van der Waals surface area contributed by atoms with E-state index in [4.69, 9.17) is 11.0 Å². The predicted molar refractivity (Wildman–Crippen MR) is 84.8 cm³/mol. The highest BCUT2D eigenvalue weighted by atomic mass is 16.1. The normalized spacial score (nSPS) is 11.0. The molecule has 0 aliphatic carbocycles. The first-order valence-electron chi connectivity index (χ1n) is 6.77. The third-order valence-corrected chi connectivity index (χ3v) is 3.20. The van der Waals surface area contributed by atoms with Crippen molar-refractivity contribution in [1.29, 1.82) is 5.26 Å². The maximum Gasteiger partial charge on any atom is 0.241 e. The van der Waals surface area contributed by atoms with Crippen LogP contribution in [0.25, 0.3) is 28.5 Å². The summed E-state index contributed by atoms with van der Waals surface area (Å²) >= 11 is 0. The summed E-state index contributed by atoms with van der Waals surface area (Å²) in [6.07, 6.45) is 6.17. The number of amides is 1. The van der Waals surface area contributed by atoms with Gasteiger partial charge in [-0.25, -0.2) is 15.0 Å². The van der Waals surface area contributed by atoms with Crippen molar-refractivity contribution in [2.24, 2.45) is 5.73 Å². The highest BCUT2D eigenvalue weighted by Crippen LogP contribution is 2.22. The van der Waals surface area contributed by atoms with Crippen molar-refractivity contribution >= 4 is 23.1 Å². The molecule has 0 aromatic carbocycles. The molecule has 0 atom stereocenters. The zero-order chi connectivity index (χ0) is 16.4. The van der Waals surface area contributed by atoms with Gasteiger partial charge in [-0.2, -0.15) is 5.26 Å². The van der Waals surface area contributed by atoms with Gasteiger partial charge in [-0.15, -0.1) is 0 Å². The van der Waals surface area contributed by atoms with Crippen LogP contribution >= 0.6 is 0 Å². The van der Waals surface area contributed by atoms with Crippen molar-refractivity contribution in [2.45, 2.75) is 6.92 Å². The number of nitrogens with zero attached hydrogens (tertiary/aromatic N) is 4. The molecular formula is C16H12N6O. The Morgan fingerprint density at radius 1 is 1.39 bits per heavy atom. The minimum atomic E-state index is -0.535. The number of H-pyrrole nitrogens is 1. The number of carbonyl (C=O) groups excluding carboxylic acids is 1. The molecule has 3 aromatic rings. The van der Waals surface area contributed by atoms with Crippen LogP contribution in [0.5, 0.6) is 0 Å². The minimum Gasteiger partial charge on any atom is -0.366 e. The van der Waals surface area contributed by atoms with Crippen LogP contribution in [0.15, 0.2) is 30.6 Å². The fraction of sp³-hybridized carbons (Fsp3) is 0.0625. The maximum absolute atomic E-state index is 10.9. The number of pyridine rings is 1. The summed E-state index contributed by atoms with van der Waals surface area (Å²) in [5.41, 5.74) is 9.47. The van der Waals surface area contributed by atoms with Crippen molar-refractivity contribution < 1.29 is 4.79 Å². The largest absolute Gasteiger partial charge is 0.366 e. The first-order valence-corrected chi connectivity index (χ1v) is 6.77. The number of hydrogen-bond donors (Lipinski definition) is 2. The molecule has 7 nitrogen and oxygen atoms in total. The lowest BCUT2D eigenvalue weighted by atomic mass is 10.1. The Balaban J connectivity index is 2.13. The SMILES string of the molecule is Cc1cc(-c2cnc3[nH]cc(/C=C/C(N)=O)c3n2)cc(C#N)n1. The Hall–Kier alpha value is -3.53. The molecule has 23 heavy (non-hydrogen) atoms. The first-order chi connectivity index (χ1) is 11.1. The molecule has 0 unspecified atom stereocenters. The predicted octanol–water partition coefficient (Wildman–Crippen LogP) is 1.70. The number of nitrogens with two attached hydrogens (primary N) is 1. The van der Waals surface area contributed by atoms with Gasteiger partial charge < -0.3 is 10.7 Å². The Labute approximate surface area is 131 Å². The van der Waals surface area contributed by atoms with Gasteiger partial charge in [-0.3, -0.25) is 4.79 Å². The van der Waals surface area contributed by atoms with Crippen molar-refractivity contribution in [3.8, 4) is 17.3 Å². The van der Waals surface area contributed by atoms with Gasteiger partial charge in [0, 0.05) is 29.1 Å². The smallest absolute Gasteiger partial charge is 0.241 e. The molecule has 112 valence electrons. The van der Waals surface area contributed by atoms with Crippen molar-refractivity contribution in [2.75, 3.05) is 0 Å². The number of nitriles is 1.